The van der Waals surface area contributed by atoms with E-state index in [1.807, 2.05) is 29.7 Å². The van der Waals surface area contributed by atoms with Gasteiger partial charge in [0.2, 0.25) is 0 Å². The maximum absolute atomic E-state index is 10.6. The molecule has 0 aliphatic heterocycles. The second-order valence-corrected chi connectivity index (χ2v) is 5.85. The van der Waals surface area contributed by atoms with E-state index in [9.17, 15) is 9.90 Å². The van der Waals surface area contributed by atoms with Gasteiger partial charge in [0, 0.05) is 4.90 Å². The number of halogens is 1. The molecule has 2 rings (SSSR count). The van der Waals surface area contributed by atoms with Crippen LogP contribution in [0, 0.1) is 0 Å². The fourth-order valence-electron chi connectivity index (χ4n) is 1.76. The Labute approximate surface area is 142 Å². The summed E-state index contributed by atoms with van der Waals surface area (Å²) in [5.41, 5.74) is 7.21. The highest BCUT2D eigenvalue weighted by molar-refractivity contribution is 7.99. The summed E-state index contributed by atoms with van der Waals surface area (Å²) >= 11 is 7.55. The third kappa shape index (κ3) is 4.54. The van der Waals surface area contributed by atoms with E-state index in [1.165, 1.54) is 18.0 Å². The van der Waals surface area contributed by atoms with E-state index in [0.29, 0.717) is 0 Å². The number of methoxy groups -OCH3 is 1. The van der Waals surface area contributed by atoms with Crippen LogP contribution in [-0.4, -0.2) is 24.5 Å². The van der Waals surface area contributed by atoms with E-state index in [-0.39, 0.29) is 16.3 Å². The van der Waals surface area contributed by atoms with Gasteiger partial charge in [0.1, 0.15) is 11.5 Å². The number of nitrogens with zero attached hydrogens (tertiary/aromatic N) is 1. The van der Waals surface area contributed by atoms with E-state index in [1.54, 1.807) is 19.2 Å². The number of rotatable bonds is 5. The Morgan fingerprint density at radius 2 is 2.17 bits per heavy atom. The van der Waals surface area contributed by atoms with Crippen molar-refractivity contribution in [3.63, 3.8) is 0 Å². The minimum Gasteiger partial charge on any atom is -0.507 e. The second kappa shape index (κ2) is 7.75. The van der Waals surface area contributed by atoms with E-state index in [0.717, 1.165) is 15.5 Å². The number of phenols is 1. The molecule has 4 N–H and O–H groups in total. The number of hydrazone groups is 1. The number of carbonyl (C=O) groups is 1. The highest BCUT2D eigenvalue weighted by atomic mass is 35.5. The van der Waals surface area contributed by atoms with Crippen LogP contribution in [-0.2, 0) is 0 Å². The van der Waals surface area contributed by atoms with E-state index < -0.39 is 6.03 Å². The average Bonchev–Trinajstić information content (AvgIpc) is 2.50. The molecule has 0 bridgehead atoms. The number of amides is 2. The molecular weight excluding hydrogens is 338 g/mol. The van der Waals surface area contributed by atoms with Crippen LogP contribution >= 0.6 is 23.4 Å². The molecule has 2 aromatic carbocycles. The first-order valence-electron chi connectivity index (χ1n) is 6.43. The molecule has 120 valence electrons. The predicted molar refractivity (Wildman–Crippen MR) is 90.5 cm³/mol. The molecule has 0 aromatic heterocycles. The number of primary amides is 1. The molecule has 6 nitrogen and oxygen atoms in total. The van der Waals surface area contributed by atoms with E-state index in [2.05, 4.69) is 5.10 Å². The first-order chi connectivity index (χ1) is 11.0. The number of nitrogens with two attached hydrogens (primary N) is 1. The van der Waals surface area contributed by atoms with Crippen LogP contribution in [0.25, 0.3) is 0 Å². The van der Waals surface area contributed by atoms with Crippen LogP contribution in [0.5, 0.6) is 11.5 Å². The predicted octanol–water partition coefficient (Wildman–Crippen LogP) is 3.21. The van der Waals surface area contributed by atoms with Gasteiger partial charge < -0.3 is 15.6 Å². The lowest BCUT2D eigenvalue weighted by Crippen LogP contribution is -2.24. The lowest BCUT2D eigenvalue weighted by molar-refractivity contribution is 0.249. The Morgan fingerprint density at radius 3 is 2.83 bits per heavy atom. The van der Waals surface area contributed by atoms with Crippen molar-refractivity contribution in [2.24, 2.45) is 10.8 Å². The molecule has 0 fully saturated rings. The highest BCUT2D eigenvalue weighted by Gasteiger charge is 2.10. The van der Waals surface area contributed by atoms with Gasteiger partial charge in [0.05, 0.1) is 28.8 Å². The Balaban J connectivity index is 2.25. The molecule has 0 radical (unpaired) electrons. The molecule has 0 saturated heterocycles. The molecule has 2 aromatic rings. The summed E-state index contributed by atoms with van der Waals surface area (Å²) in [6, 6.07) is 9.95. The van der Waals surface area contributed by atoms with E-state index in [4.69, 9.17) is 22.1 Å². The molecule has 0 heterocycles. The van der Waals surface area contributed by atoms with Crippen LogP contribution in [0.4, 0.5) is 4.79 Å². The summed E-state index contributed by atoms with van der Waals surface area (Å²) in [7, 11) is 1.59. The highest BCUT2D eigenvalue weighted by Crippen LogP contribution is 2.38. The standard InChI is InChI=1S/C15H14ClN3O3S/c1-22-13-4-2-3-5-14(13)23-9-6-11(16)10(12(20)7-9)8-18-19-15(17)21/h2-8,20H,1H3,(H3,17,19,21). The molecule has 0 saturated carbocycles. The van der Waals surface area contributed by atoms with Gasteiger partial charge in [-0.2, -0.15) is 5.10 Å². The van der Waals surface area contributed by atoms with Crippen molar-refractivity contribution in [3.05, 3.63) is 47.0 Å². The SMILES string of the molecule is COc1ccccc1Sc1cc(O)c(C=NNC(N)=O)c(Cl)c1. The van der Waals surface area contributed by atoms with Crippen molar-refractivity contribution in [2.75, 3.05) is 7.11 Å². The Hall–Kier alpha value is -2.38. The van der Waals surface area contributed by atoms with Crippen LogP contribution < -0.4 is 15.9 Å². The first kappa shape index (κ1) is 17.0. The van der Waals surface area contributed by atoms with Crippen LogP contribution in [0.3, 0.4) is 0 Å². The molecule has 0 aliphatic rings. The topological polar surface area (TPSA) is 96.9 Å². The number of nitrogens with one attached hydrogen (secondary N) is 1. The molecule has 23 heavy (non-hydrogen) atoms. The number of para-hydroxylation sites is 1. The van der Waals surface area contributed by atoms with Gasteiger partial charge in [-0.1, -0.05) is 35.5 Å². The number of benzene rings is 2. The van der Waals surface area contributed by atoms with Crippen LogP contribution in [0.1, 0.15) is 5.56 Å². The van der Waals surface area contributed by atoms with Crippen molar-refractivity contribution < 1.29 is 14.6 Å². The Bertz CT molecular complexity index is 729. The lowest BCUT2D eigenvalue weighted by atomic mass is 10.2. The van der Waals surface area contributed by atoms with Crippen molar-refractivity contribution in [1.29, 1.82) is 0 Å². The summed E-state index contributed by atoms with van der Waals surface area (Å²) in [5, 5.41) is 14.0. The first-order valence-corrected chi connectivity index (χ1v) is 7.62. The second-order valence-electron chi connectivity index (χ2n) is 4.33. The number of phenolic OH excluding ortho intramolecular Hbond substituents is 1. The van der Waals surface area contributed by atoms with Gasteiger partial charge in [-0.05, 0) is 24.3 Å². The van der Waals surface area contributed by atoms with Gasteiger partial charge in [0.25, 0.3) is 0 Å². The number of urea groups is 1. The third-order valence-electron chi connectivity index (χ3n) is 2.75. The summed E-state index contributed by atoms with van der Waals surface area (Å²) in [4.78, 5) is 12.2. The third-order valence-corrected chi connectivity index (χ3v) is 4.09. The number of hydrogen-bond donors (Lipinski definition) is 3. The Morgan fingerprint density at radius 1 is 1.43 bits per heavy atom. The van der Waals surface area contributed by atoms with Crippen molar-refractivity contribution in [3.8, 4) is 11.5 Å². The number of ether oxygens (including phenoxy) is 1. The maximum atomic E-state index is 10.6. The average molecular weight is 352 g/mol. The fraction of sp³-hybridized carbons (Fsp3) is 0.0667. The molecule has 0 aliphatic carbocycles. The van der Waals surface area contributed by atoms with Gasteiger partial charge in [-0.15, -0.1) is 0 Å². The van der Waals surface area contributed by atoms with E-state index >= 15 is 0 Å². The quantitative estimate of drug-likeness (QED) is 0.569. The fourth-order valence-corrected chi connectivity index (χ4v) is 3.08. The number of hydrogen-bond acceptors (Lipinski definition) is 5. The summed E-state index contributed by atoms with van der Waals surface area (Å²) in [6.45, 7) is 0. The minimum absolute atomic E-state index is 0.0649. The van der Waals surface area contributed by atoms with Crippen molar-refractivity contribution >= 4 is 35.6 Å². The van der Waals surface area contributed by atoms with Gasteiger partial charge in [-0.25, -0.2) is 10.2 Å². The molecule has 0 unspecified atom stereocenters. The number of carbonyl (C=O) groups excluding carboxylic acids is 1. The minimum atomic E-state index is -0.805. The van der Waals surface area contributed by atoms with Crippen molar-refractivity contribution in [2.45, 2.75) is 9.79 Å². The van der Waals surface area contributed by atoms with Gasteiger partial charge in [-0.3, -0.25) is 0 Å². The number of aromatic hydroxyl groups is 1. The lowest BCUT2D eigenvalue weighted by Gasteiger charge is -2.09. The summed E-state index contributed by atoms with van der Waals surface area (Å²) < 4.78 is 5.29. The maximum Gasteiger partial charge on any atom is 0.332 e. The largest absolute Gasteiger partial charge is 0.507 e. The molecule has 0 atom stereocenters. The van der Waals surface area contributed by atoms with Gasteiger partial charge in [0.15, 0.2) is 0 Å². The molecule has 8 heteroatoms. The zero-order valence-corrected chi connectivity index (χ0v) is 13.7. The summed E-state index contributed by atoms with van der Waals surface area (Å²) in [6.07, 6.45) is 1.22. The zero-order valence-electron chi connectivity index (χ0n) is 12.1. The molecule has 0 spiro atoms. The smallest absolute Gasteiger partial charge is 0.332 e. The van der Waals surface area contributed by atoms with Crippen molar-refractivity contribution in [1.82, 2.24) is 5.43 Å². The zero-order chi connectivity index (χ0) is 16.8. The molecule has 2 amide bonds. The molecular formula is C15H14ClN3O3S. The monoisotopic (exact) mass is 351 g/mol. The Kier molecular flexibility index (Phi) is 5.72. The summed E-state index contributed by atoms with van der Waals surface area (Å²) in [5.74, 6) is 0.661. The van der Waals surface area contributed by atoms with Crippen LogP contribution in [0.15, 0.2) is 51.3 Å². The van der Waals surface area contributed by atoms with Crippen LogP contribution in [0.2, 0.25) is 5.02 Å². The van der Waals surface area contributed by atoms with Gasteiger partial charge >= 0.3 is 6.03 Å². The normalized spacial score (nSPS) is 10.7.